The van der Waals surface area contributed by atoms with Crippen LogP contribution in [0.15, 0.2) is 59.6 Å². The first-order chi connectivity index (χ1) is 15.4. The highest BCUT2D eigenvalue weighted by Crippen LogP contribution is 2.31. The monoisotopic (exact) mass is 472 g/mol. The second-order valence-corrected chi connectivity index (χ2v) is 9.33. The van der Waals surface area contributed by atoms with E-state index in [0.29, 0.717) is 22.1 Å². The van der Waals surface area contributed by atoms with Gasteiger partial charge >= 0.3 is 0 Å². The zero-order valence-corrected chi connectivity index (χ0v) is 18.5. The third-order valence-electron chi connectivity index (χ3n) is 4.28. The number of aromatic nitrogens is 4. The summed E-state index contributed by atoms with van der Waals surface area (Å²) >= 11 is 1.14. The summed E-state index contributed by atoms with van der Waals surface area (Å²) in [6, 6.07) is 12.1. The molecule has 9 nitrogen and oxygen atoms in total. The van der Waals surface area contributed by atoms with Crippen molar-refractivity contribution in [3.63, 3.8) is 0 Å². The van der Waals surface area contributed by atoms with Gasteiger partial charge in [-0.15, -0.1) is 10.2 Å². The van der Waals surface area contributed by atoms with Crippen LogP contribution in [0.2, 0.25) is 0 Å². The topological polar surface area (TPSA) is 119 Å². The molecule has 2 heterocycles. The van der Waals surface area contributed by atoms with Gasteiger partial charge in [-0.1, -0.05) is 17.4 Å². The van der Waals surface area contributed by atoms with Gasteiger partial charge in [0.05, 0.1) is 23.3 Å². The van der Waals surface area contributed by atoms with E-state index in [0.717, 1.165) is 11.3 Å². The fourth-order valence-electron chi connectivity index (χ4n) is 2.84. The second-order valence-electron chi connectivity index (χ2n) is 6.46. The third-order valence-corrected chi connectivity index (χ3v) is 6.51. The molecular weight excluding hydrogens is 455 g/mol. The lowest BCUT2D eigenvalue weighted by Gasteiger charge is -2.11. The lowest BCUT2D eigenvalue weighted by Crippen LogP contribution is -2.12. The van der Waals surface area contributed by atoms with E-state index in [1.165, 1.54) is 31.5 Å². The minimum Gasteiger partial charge on any atom is -0.496 e. The zero-order chi connectivity index (χ0) is 22.7. The number of anilines is 3. The molecule has 0 atom stereocenters. The number of nitrogens with zero attached hydrogens (tertiary/aromatic N) is 4. The summed E-state index contributed by atoms with van der Waals surface area (Å²) in [5, 5.41) is 11.4. The molecule has 0 aliphatic rings. The molecule has 12 heteroatoms. The van der Waals surface area contributed by atoms with Crippen LogP contribution in [0.5, 0.6) is 5.75 Å². The Labute approximate surface area is 187 Å². The number of nitrogens with one attached hydrogen (secondary N) is 2. The first-order valence-electron chi connectivity index (χ1n) is 9.21. The number of rotatable bonds is 7. The predicted octanol–water partition coefficient (Wildman–Crippen LogP) is 4.00. The zero-order valence-electron chi connectivity index (χ0n) is 16.9. The number of hydrogen-bond donors (Lipinski definition) is 2. The number of ether oxygens (including phenoxy) is 1. The lowest BCUT2D eigenvalue weighted by molar-refractivity contribution is 0.413. The van der Waals surface area contributed by atoms with E-state index >= 15 is 0 Å². The normalized spacial score (nSPS) is 11.2. The van der Waals surface area contributed by atoms with Crippen LogP contribution in [-0.4, -0.2) is 35.7 Å². The molecule has 0 radical (unpaired) electrons. The number of sulfonamides is 1. The molecule has 0 spiro atoms. The average molecular weight is 473 g/mol. The summed E-state index contributed by atoms with van der Waals surface area (Å²) in [5.74, 6) is 0.0925. The van der Waals surface area contributed by atoms with Gasteiger partial charge in [0.15, 0.2) is 0 Å². The highest BCUT2D eigenvalue weighted by Gasteiger charge is 2.17. The van der Waals surface area contributed by atoms with Gasteiger partial charge in [-0.3, -0.25) is 4.72 Å². The van der Waals surface area contributed by atoms with Crippen molar-refractivity contribution in [1.82, 2.24) is 20.2 Å². The lowest BCUT2D eigenvalue weighted by atomic mass is 10.1. The van der Waals surface area contributed by atoms with E-state index in [-0.39, 0.29) is 21.5 Å². The first-order valence-corrected chi connectivity index (χ1v) is 11.5. The number of aryl methyl sites for hydroxylation is 1. The van der Waals surface area contributed by atoms with Crippen molar-refractivity contribution in [2.24, 2.45) is 0 Å². The first kappa shape index (κ1) is 21.6. The minimum atomic E-state index is -3.80. The van der Waals surface area contributed by atoms with Gasteiger partial charge in [0.2, 0.25) is 11.1 Å². The maximum Gasteiger partial charge on any atom is 0.263 e. The molecule has 0 amide bonds. The van der Waals surface area contributed by atoms with Crippen LogP contribution in [0.4, 0.5) is 21.2 Å². The van der Waals surface area contributed by atoms with Crippen molar-refractivity contribution in [2.45, 2.75) is 11.8 Å². The predicted molar refractivity (Wildman–Crippen MR) is 119 cm³/mol. The average Bonchev–Trinajstić information content (AvgIpc) is 3.17. The molecular formula is C20H17FN6O3S2. The molecule has 0 fully saturated rings. The van der Waals surface area contributed by atoms with E-state index in [9.17, 15) is 12.8 Å². The summed E-state index contributed by atoms with van der Waals surface area (Å²) < 4.78 is 47.0. The fourth-order valence-corrected chi connectivity index (χ4v) is 4.66. The van der Waals surface area contributed by atoms with Crippen LogP contribution >= 0.6 is 11.3 Å². The van der Waals surface area contributed by atoms with E-state index in [1.807, 2.05) is 0 Å². The quantitative estimate of drug-likeness (QED) is 0.414. The summed E-state index contributed by atoms with van der Waals surface area (Å²) in [6.07, 6.45) is 1.49. The Bertz CT molecular complexity index is 1360. The Kier molecular flexibility index (Phi) is 5.97. The van der Waals surface area contributed by atoms with Gasteiger partial charge in [0, 0.05) is 11.9 Å². The van der Waals surface area contributed by atoms with Gasteiger partial charge in [0.1, 0.15) is 16.6 Å². The Morgan fingerprint density at radius 1 is 1.06 bits per heavy atom. The number of hydrogen-bond acceptors (Lipinski definition) is 9. The summed E-state index contributed by atoms with van der Waals surface area (Å²) in [6.45, 7) is 1.73. The van der Waals surface area contributed by atoms with Crippen molar-refractivity contribution in [3.05, 3.63) is 65.6 Å². The highest BCUT2D eigenvalue weighted by atomic mass is 32.2. The molecule has 4 rings (SSSR count). The molecule has 0 aliphatic carbocycles. The van der Waals surface area contributed by atoms with Crippen LogP contribution in [0.3, 0.4) is 0 Å². The molecule has 32 heavy (non-hydrogen) atoms. The van der Waals surface area contributed by atoms with Crippen LogP contribution in [-0.2, 0) is 10.0 Å². The maximum atomic E-state index is 14.4. The molecule has 2 N–H and O–H groups in total. The van der Waals surface area contributed by atoms with Crippen molar-refractivity contribution in [2.75, 3.05) is 17.1 Å². The minimum absolute atomic E-state index is 0.0571. The van der Waals surface area contributed by atoms with E-state index in [1.54, 1.807) is 37.3 Å². The molecule has 2 aromatic carbocycles. The Morgan fingerprint density at radius 2 is 1.84 bits per heavy atom. The fraction of sp³-hybridized carbons (Fsp3) is 0.100. The van der Waals surface area contributed by atoms with Gasteiger partial charge in [-0.25, -0.2) is 22.8 Å². The molecule has 2 aromatic heterocycles. The number of halogens is 1. The Morgan fingerprint density at radius 3 is 2.53 bits per heavy atom. The number of methoxy groups -OCH3 is 1. The Balaban J connectivity index is 1.54. The van der Waals surface area contributed by atoms with Gasteiger partial charge in [-0.2, -0.15) is 0 Å². The van der Waals surface area contributed by atoms with Crippen LogP contribution < -0.4 is 14.8 Å². The van der Waals surface area contributed by atoms with Crippen LogP contribution in [0, 0.1) is 12.7 Å². The molecule has 0 saturated carbocycles. The van der Waals surface area contributed by atoms with Gasteiger partial charge < -0.3 is 10.1 Å². The van der Waals surface area contributed by atoms with Crippen LogP contribution in [0.25, 0.3) is 11.3 Å². The molecule has 0 unspecified atom stereocenters. The smallest absolute Gasteiger partial charge is 0.263 e. The van der Waals surface area contributed by atoms with E-state index in [4.69, 9.17) is 4.74 Å². The van der Waals surface area contributed by atoms with Crippen molar-refractivity contribution >= 4 is 38.1 Å². The van der Waals surface area contributed by atoms with Crippen molar-refractivity contribution in [3.8, 4) is 17.0 Å². The second kappa shape index (κ2) is 8.85. The summed E-state index contributed by atoms with van der Waals surface area (Å²) in [4.78, 5) is 8.55. The number of benzene rings is 2. The third kappa shape index (κ3) is 4.65. The van der Waals surface area contributed by atoms with Gasteiger partial charge in [0.25, 0.3) is 10.0 Å². The largest absolute Gasteiger partial charge is 0.496 e. The molecule has 4 aromatic rings. The van der Waals surface area contributed by atoms with Gasteiger partial charge in [-0.05, 0) is 49.4 Å². The van der Waals surface area contributed by atoms with E-state index in [2.05, 4.69) is 30.2 Å². The molecule has 164 valence electrons. The van der Waals surface area contributed by atoms with E-state index < -0.39 is 15.8 Å². The molecule has 0 aliphatic heterocycles. The van der Waals surface area contributed by atoms with Crippen LogP contribution in [0.1, 0.15) is 5.01 Å². The SMILES string of the molecule is COc1cccc(F)c1-c1ccnc(Nc2ccc(S(=O)(=O)Nc3nnc(C)s3)cc2)n1. The Hall–Kier alpha value is -3.64. The van der Waals surface area contributed by atoms with Crippen molar-refractivity contribution in [1.29, 1.82) is 0 Å². The summed E-state index contributed by atoms with van der Waals surface area (Å²) in [7, 11) is -2.35. The molecule has 0 bridgehead atoms. The maximum absolute atomic E-state index is 14.4. The summed E-state index contributed by atoms with van der Waals surface area (Å²) in [5.41, 5.74) is 1.11. The standard InChI is InChI=1S/C20H17FN6O3S2/c1-12-25-26-20(31-12)27-32(28,29)14-8-6-13(7-9-14)23-19-22-11-10-16(24-19)18-15(21)4-3-5-17(18)30-2/h3-11H,1-2H3,(H,26,27)(H,22,23,24). The molecule has 0 saturated heterocycles. The highest BCUT2D eigenvalue weighted by molar-refractivity contribution is 7.93. The van der Waals surface area contributed by atoms with Crippen molar-refractivity contribution < 1.29 is 17.5 Å².